The lowest BCUT2D eigenvalue weighted by Gasteiger charge is -2.20. The van der Waals surface area contributed by atoms with Gasteiger partial charge >= 0.3 is 0 Å². The molecule has 10 heteroatoms. The van der Waals surface area contributed by atoms with E-state index in [1.54, 1.807) is 24.3 Å². The normalized spacial score (nSPS) is 16.3. The van der Waals surface area contributed by atoms with E-state index in [0.717, 1.165) is 39.3 Å². The van der Waals surface area contributed by atoms with Gasteiger partial charge in [-0.05, 0) is 55.4 Å². The first-order valence-corrected chi connectivity index (χ1v) is 11.7. The summed E-state index contributed by atoms with van der Waals surface area (Å²) in [6.45, 7) is 4.75. The molecule has 0 atom stereocenters. The minimum atomic E-state index is -0.517. The number of ether oxygens (including phenoxy) is 2. The van der Waals surface area contributed by atoms with Crippen LogP contribution in [0.1, 0.15) is 22.5 Å². The number of nitro groups is 1. The molecule has 0 radical (unpaired) electrons. The van der Waals surface area contributed by atoms with E-state index in [1.807, 2.05) is 42.7 Å². The van der Waals surface area contributed by atoms with Crippen LogP contribution < -0.4 is 9.47 Å². The number of fused-ring (bicyclic) bond motifs is 1. The molecule has 0 spiro atoms. The summed E-state index contributed by atoms with van der Waals surface area (Å²) in [5, 5.41) is 10.9. The molecule has 0 N–H and O–H groups in total. The summed E-state index contributed by atoms with van der Waals surface area (Å²) >= 11 is 0.831. The van der Waals surface area contributed by atoms with Gasteiger partial charge in [0.2, 0.25) is 0 Å². The Labute approximate surface area is 205 Å². The van der Waals surface area contributed by atoms with Crippen LogP contribution in [0.25, 0.3) is 11.8 Å². The Morgan fingerprint density at radius 2 is 1.80 bits per heavy atom. The molecule has 1 aromatic heterocycles. The molecular formula is C25H21N3O6S. The lowest BCUT2D eigenvalue weighted by Crippen LogP contribution is -2.27. The van der Waals surface area contributed by atoms with E-state index in [0.29, 0.717) is 30.3 Å². The van der Waals surface area contributed by atoms with Crippen LogP contribution in [0.4, 0.5) is 10.5 Å². The first-order chi connectivity index (χ1) is 16.8. The van der Waals surface area contributed by atoms with Crippen molar-refractivity contribution in [3.63, 3.8) is 0 Å². The molecule has 0 saturated carbocycles. The Kier molecular flexibility index (Phi) is 5.81. The SMILES string of the molecule is Cc1cc(/C=C2\SC(=O)N(Cc3ccccc3[N+](=O)[O-])C2=O)c(C)n1-c1ccc2c(c1)OCCO2. The molecule has 1 fully saturated rings. The summed E-state index contributed by atoms with van der Waals surface area (Å²) < 4.78 is 13.4. The number of carbonyl (C=O) groups excluding carboxylic acids is 2. The van der Waals surface area contributed by atoms with Crippen LogP contribution in [0.15, 0.2) is 53.4 Å². The van der Waals surface area contributed by atoms with Gasteiger partial charge in [0.05, 0.1) is 16.4 Å². The third-order valence-electron chi connectivity index (χ3n) is 5.93. The minimum Gasteiger partial charge on any atom is -0.486 e. The second kappa shape index (κ2) is 8.95. The number of thioether (sulfide) groups is 1. The number of amides is 2. The van der Waals surface area contributed by atoms with Crippen LogP contribution >= 0.6 is 11.8 Å². The molecule has 2 amide bonds. The van der Waals surface area contributed by atoms with Gasteiger partial charge in [0, 0.05) is 34.8 Å². The maximum absolute atomic E-state index is 13.0. The topological polar surface area (TPSA) is 104 Å². The number of hydrogen-bond donors (Lipinski definition) is 0. The van der Waals surface area contributed by atoms with E-state index >= 15 is 0 Å². The molecule has 0 bridgehead atoms. The van der Waals surface area contributed by atoms with Crippen molar-refractivity contribution in [2.45, 2.75) is 20.4 Å². The zero-order chi connectivity index (χ0) is 24.7. The molecule has 35 heavy (non-hydrogen) atoms. The summed E-state index contributed by atoms with van der Waals surface area (Å²) in [7, 11) is 0. The number of para-hydroxylation sites is 1. The fourth-order valence-corrected chi connectivity index (χ4v) is 5.10. The zero-order valence-electron chi connectivity index (χ0n) is 19.0. The highest BCUT2D eigenvalue weighted by Crippen LogP contribution is 2.37. The Bertz CT molecular complexity index is 1410. The number of nitrogens with zero attached hydrogens (tertiary/aromatic N) is 3. The average molecular weight is 492 g/mol. The molecule has 9 nitrogen and oxygen atoms in total. The van der Waals surface area contributed by atoms with Crippen molar-refractivity contribution in [1.82, 2.24) is 9.47 Å². The van der Waals surface area contributed by atoms with Gasteiger partial charge in [-0.25, -0.2) is 0 Å². The number of hydrogen-bond acceptors (Lipinski definition) is 7. The Hall–Kier alpha value is -4.05. The molecule has 2 aliphatic rings. The van der Waals surface area contributed by atoms with Gasteiger partial charge in [-0.1, -0.05) is 18.2 Å². The first-order valence-electron chi connectivity index (χ1n) is 10.9. The zero-order valence-corrected chi connectivity index (χ0v) is 19.8. The molecule has 0 aliphatic carbocycles. The van der Waals surface area contributed by atoms with Crippen LogP contribution in [-0.2, 0) is 11.3 Å². The van der Waals surface area contributed by atoms with Crippen LogP contribution in [0, 0.1) is 24.0 Å². The van der Waals surface area contributed by atoms with Gasteiger partial charge in [0.15, 0.2) is 11.5 Å². The van der Waals surface area contributed by atoms with Crippen molar-refractivity contribution in [1.29, 1.82) is 0 Å². The number of aromatic nitrogens is 1. The van der Waals surface area contributed by atoms with E-state index in [9.17, 15) is 19.7 Å². The monoisotopic (exact) mass is 491 g/mol. The molecule has 5 rings (SSSR count). The summed E-state index contributed by atoms with van der Waals surface area (Å²) in [6.07, 6.45) is 1.70. The van der Waals surface area contributed by atoms with E-state index in [-0.39, 0.29) is 17.1 Å². The van der Waals surface area contributed by atoms with Crippen molar-refractivity contribution in [3.8, 4) is 17.2 Å². The fraction of sp³-hybridized carbons (Fsp3) is 0.200. The number of nitro benzene ring substituents is 1. The summed E-state index contributed by atoms with van der Waals surface area (Å²) in [4.78, 5) is 37.8. The third-order valence-corrected chi connectivity index (χ3v) is 6.84. The average Bonchev–Trinajstić information content (AvgIpc) is 3.27. The largest absolute Gasteiger partial charge is 0.486 e. The van der Waals surface area contributed by atoms with E-state index in [1.165, 1.54) is 6.07 Å². The van der Waals surface area contributed by atoms with Gasteiger partial charge in [-0.2, -0.15) is 0 Å². The van der Waals surface area contributed by atoms with E-state index in [2.05, 4.69) is 0 Å². The maximum atomic E-state index is 13.0. The Morgan fingerprint density at radius 1 is 1.06 bits per heavy atom. The minimum absolute atomic E-state index is 0.126. The van der Waals surface area contributed by atoms with E-state index < -0.39 is 16.1 Å². The predicted octanol–water partition coefficient (Wildman–Crippen LogP) is 5.01. The van der Waals surface area contributed by atoms with Crippen molar-refractivity contribution in [3.05, 3.63) is 86.1 Å². The predicted molar refractivity (Wildman–Crippen MR) is 131 cm³/mol. The molecule has 3 aromatic rings. The highest BCUT2D eigenvalue weighted by molar-refractivity contribution is 8.18. The quantitative estimate of drug-likeness (QED) is 0.281. The summed E-state index contributed by atoms with van der Waals surface area (Å²) in [5.74, 6) is 0.913. The maximum Gasteiger partial charge on any atom is 0.293 e. The van der Waals surface area contributed by atoms with Crippen LogP contribution in [-0.4, -0.2) is 38.8 Å². The van der Waals surface area contributed by atoms with E-state index in [4.69, 9.17) is 9.47 Å². The highest BCUT2D eigenvalue weighted by atomic mass is 32.2. The number of rotatable bonds is 5. The summed E-state index contributed by atoms with van der Waals surface area (Å²) in [6, 6.07) is 13.8. The Balaban J connectivity index is 1.43. The van der Waals surface area contributed by atoms with Gasteiger partial charge in [-0.3, -0.25) is 24.6 Å². The lowest BCUT2D eigenvalue weighted by molar-refractivity contribution is -0.385. The molecule has 2 aliphatic heterocycles. The number of aryl methyl sites for hydroxylation is 1. The molecule has 3 heterocycles. The summed E-state index contributed by atoms with van der Waals surface area (Å²) in [5.41, 5.74) is 3.72. The second-order valence-corrected chi connectivity index (χ2v) is 9.14. The highest BCUT2D eigenvalue weighted by Gasteiger charge is 2.36. The number of carbonyl (C=O) groups is 2. The van der Waals surface area contributed by atoms with Crippen molar-refractivity contribution in [2.75, 3.05) is 13.2 Å². The number of imide groups is 1. The molecule has 0 unspecified atom stereocenters. The smallest absolute Gasteiger partial charge is 0.293 e. The van der Waals surface area contributed by atoms with Gasteiger partial charge < -0.3 is 14.0 Å². The van der Waals surface area contributed by atoms with Gasteiger partial charge in [-0.15, -0.1) is 0 Å². The van der Waals surface area contributed by atoms with Crippen molar-refractivity contribution < 1.29 is 24.0 Å². The van der Waals surface area contributed by atoms with Crippen LogP contribution in [0.2, 0.25) is 0 Å². The molecule has 1 saturated heterocycles. The molecule has 2 aromatic carbocycles. The Morgan fingerprint density at radius 3 is 2.57 bits per heavy atom. The standard InChI is InChI=1S/C25H21N3O6S/c1-15-11-18(16(2)27(15)19-7-8-21-22(13-19)34-10-9-33-21)12-23-24(29)26(25(30)35-23)14-17-5-3-4-6-20(17)28(31)32/h3-8,11-13H,9-10,14H2,1-2H3/b23-12-. The van der Waals surface area contributed by atoms with Crippen LogP contribution in [0.3, 0.4) is 0 Å². The fourth-order valence-electron chi connectivity index (χ4n) is 4.27. The second-order valence-electron chi connectivity index (χ2n) is 8.14. The molecule has 178 valence electrons. The van der Waals surface area contributed by atoms with Crippen molar-refractivity contribution in [2.24, 2.45) is 0 Å². The van der Waals surface area contributed by atoms with Gasteiger partial charge in [0.25, 0.3) is 16.8 Å². The first kappa shape index (κ1) is 22.7. The van der Waals surface area contributed by atoms with Crippen LogP contribution in [0.5, 0.6) is 11.5 Å². The number of benzene rings is 2. The molecular weight excluding hydrogens is 470 g/mol. The van der Waals surface area contributed by atoms with Crippen molar-refractivity contribution >= 4 is 34.7 Å². The third kappa shape index (κ3) is 4.17. The van der Waals surface area contributed by atoms with Gasteiger partial charge in [0.1, 0.15) is 13.2 Å². The lowest BCUT2D eigenvalue weighted by atomic mass is 10.1.